The number of allylic oxidation sites excluding steroid dienone is 1. The number of nitrogens with one attached hydrogen (secondary N) is 1. The molecule has 3 atom stereocenters. The maximum absolute atomic E-state index is 13.8. The number of aromatic nitrogens is 1. The standard InChI is InChI=1S/C22H24BrFN4O3S/c1-3-31-22(30)18-17-8-13(10-26-12(2)29)11-28(17)20(21-25-6-7-32-21)27-19(18)15-5-4-14(24)9-16(15)23/h4-7,9,12-13,19,26,29H,3,8,10-11H2,1-2H3/t12?,13-,19-/m0/s1. The second-order valence-electron chi connectivity index (χ2n) is 7.70. The van der Waals surface area contributed by atoms with E-state index in [-0.39, 0.29) is 18.3 Å². The molecule has 1 fully saturated rings. The zero-order chi connectivity index (χ0) is 22.8. The first-order valence-electron chi connectivity index (χ1n) is 10.4. The van der Waals surface area contributed by atoms with E-state index >= 15 is 0 Å². The van der Waals surface area contributed by atoms with E-state index in [2.05, 4.69) is 26.2 Å². The number of ether oxygens (including phenoxy) is 1. The molecule has 0 bridgehead atoms. The summed E-state index contributed by atoms with van der Waals surface area (Å²) < 4.78 is 19.7. The Kier molecular flexibility index (Phi) is 7.04. The molecule has 32 heavy (non-hydrogen) atoms. The highest BCUT2D eigenvalue weighted by atomic mass is 79.9. The Morgan fingerprint density at radius 3 is 2.97 bits per heavy atom. The highest BCUT2D eigenvalue weighted by Crippen LogP contribution is 2.43. The molecule has 170 valence electrons. The van der Waals surface area contributed by atoms with Crippen LogP contribution < -0.4 is 5.32 Å². The number of esters is 1. The fraction of sp³-hybridized carbons (Fsp3) is 0.409. The molecule has 4 rings (SSSR count). The first-order chi connectivity index (χ1) is 15.4. The van der Waals surface area contributed by atoms with Crippen LogP contribution in [-0.4, -0.2) is 52.7 Å². The minimum atomic E-state index is -0.655. The quantitative estimate of drug-likeness (QED) is 0.426. The van der Waals surface area contributed by atoms with Crippen LogP contribution in [0.5, 0.6) is 0 Å². The molecule has 2 aromatic rings. The number of nitrogens with zero attached hydrogens (tertiary/aromatic N) is 3. The average Bonchev–Trinajstić information content (AvgIpc) is 3.41. The monoisotopic (exact) mass is 522 g/mol. The maximum atomic E-state index is 13.8. The van der Waals surface area contributed by atoms with Crippen LogP contribution in [0.4, 0.5) is 4.39 Å². The van der Waals surface area contributed by atoms with Crippen molar-refractivity contribution >= 4 is 39.1 Å². The zero-order valence-corrected chi connectivity index (χ0v) is 20.1. The van der Waals surface area contributed by atoms with Gasteiger partial charge in [-0.1, -0.05) is 22.0 Å². The van der Waals surface area contributed by atoms with Crippen molar-refractivity contribution in [2.24, 2.45) is 10.9 Å². The lowest BCUT2D eigenvalue weighted by molar-refractivity contribution is -0.139. The smallest absolute Gasteiger partial charge is 0.338 e. The first kappa shape index (κ1) is 23.0. The van der Waals surface area contributed by atoms with Gasteiger partial charge in [0.1, 0.15) is 18.1 Å². The molecular weight excluding hydrogens is 499 g/mol. The number of carbonyl (C=O) groups excluding carboxylic acids is 1. The molecule has 0 spiro atoms. The molecule has 0 aliphatic carbocycles. The number of halogens is 2. The van der Waals surface area contributed by atoms with Gasteiger partial charge in [-0.25, -0.2) is 14.2 Å². The summed E-state index contributed by atoms with van der Waals surface area (Å²) in [7, 11) is 0. The van der Waals surface area contributed by atoms with Gasteiger partial charge in [0.25, 0.3) is 0 Å². The highest BCUT2D eigenvalue weighted by molar-refractivity contribution is 9.10. The number of aliphatic hydroxyl groups is 1. The second kappa shape index (κ2) is 9.78. The van der Waals surface area contributed by atoms with Crippen LogP contribution in [0.15, 0.2) is 50.5 Å². The maximum Gasteiger partial charge on any atom is 0.338 e. The number of thiazole rings is 1. The van der Waals surface area contributed by atoms with Gasteiger partial charge in [0, 0.05) is 34.8 Å². The Bertz CT molecular complexity index is 1060. The number of carbonyl (C=O) groups is 1. The molecule has 1 unspecified atom stereocenters. The van der Waals surface area contributed by atoms with Crippen molar-refractivity contribution in [3.8, 4) is 0 Å². The Morgan fingerprint density at radius 1 is 1.50 bits per heavy atom. The summed E-state index contributed by atoms with van der Waals surface area (Å²) in [5.74, 6) is 0.0332. The van der Waals surface area contributed by atoms with Crippen LogP contribution >= 0.6 is 27.3 Å². The highest BCUT2D eigenvalue weighted by Gasteiger charge is 2.42. The Hall–Kier alpha value is -2.14. The van der Waals surface area contributed by atoms with E-state index in [1.165, 1.54) is 23.5 Å². The molecule has 0 saturated carbocycles. The fourth-order valence-electron chi connectivity index (χ4n) is 4.07. The van der Waals surface area contributed by atoms with Gasteiger partial charge in [0.2, 0.25) is 0 Å². The molecule has 2 N–H and O–H groups in total. The number of hydrogen-bond donors (Lipinski definition) is 2. The van der Waals surface area contributed by atoms with Gasteiger partial charge in [-0.2, -0.15) is 0 Å². The van der Waals surface area contributed by atoms with Crippen molar-refractivity contribution in [1.82, 2.24) is 15.2 Å². The topological polar surface area (TPSA) is 87.0 Å². The largest absolute Gasteiger partial charge is 0.463 e. The molecule has 7 nitrogen and oxygen atoms in total. The van der Waals surface area contributed by atoms with E-state index in [4.69, 9.17) is 9.73 Å². The molecule has 0 radical (unpaired) electrons. The van der Waals surface area contributed by atoms with Crippen LogP contribution in [0.25, 0.3) is 0 Å². The third-order valence-corrected chi connectivity index (χ3v) is 6.87. The number of fused-ring (bicyclic) bond motifs is 1. The van der Waals surface area contributed by atoms with Crippen LogP contribution in [0.2, 0.25) is 0 Å². The molecule has 3 heterocycles. The number of benzene rings is 1. The lowest BCUT2D eigenvalue weighted by atomic mass is 9.94. The van der Waals surface area contributed by atoms with Gasteiger partial charge < -0.3 is 14.7 Å². The number of rotatable bonds is 7. The molecule has 1 aromatic heterocycles. The number of aliphatic imine (C=N–C) groups is 1. The number of amidine groups is 1. The summed E-state index contributed by atoms with van der Waals surface area (Å²) in [6.07, 6.45) is 1.72. The van der Waals surface area contributed by atoms with Crippen molar-refractivity contribution in [3.05, 3.63) is 61.9 Å². The van der Waals surface area contributed by atoms with Crippen LogP contribution in [-0.2, 0) is 9.53 Å². The summed E-state index contributed by atoms with van der Waals surface area (Å²) in [6, 6.07) is 3.72. The van der Waals surface area contributed by atoms with Gasteiger partial charge >= 0.3 is 5.97 Å². The summed E-state index contributed by atoms with van der Waals surface area (Å²) >= 11 is 4.92. The fourth-order valence-corrected chi connectivity index (χ4v) is 5.27. The summed E-state index contributed by atoms with van der Waals surface area (Å²) in [5.41, 5.74) is 1.97. The first-order valence-corrected chi connectivity index (χ1v) is 12.1. The van der Waals surface area contributed by atoms with Gasteiger partial charge in [0.05, 0.1) is 12.2 Å². The van der Waals surface area contributed by atoms with Crippen molar-refractivity contribution in [2.75, 3.05) is 19.7 Å². The van der Waals surface area contributed by atoms with E-state index in [1.807, 2.05) is 10.3 Å². The Morgan fingerprint density at radius 2 is 2.31 bits per heavy atom. The summed E-state index contributed by atoms with van der Waals surface area (Å²) in [4.78, 5) is 24.6. The van der Waals surface area contributed by atoms with Crippen LogP contribution in [0, 0.1) is 11.7 Å². The van der Waals surface area contributed by atoms with Crippen molar-refractivity contribution in [1.29, 1.82) is 0 Å². The molecule has 2 aliphatic heterocycles. The van der Waals surface area contributed by atoms with Crippen LogP contribution in [0.1, 0.15) is 36.9 Å². The normalized spacial score (nSPS) is 21.4. The summed E-state index contributed by atoms with van der Waals surface area (Å²) in [6.45, 7) is 4.90. The SMILES string of the molecule is CCOC(=O)C1=C2C[C@@H](CNC(C)O)CN2C(c2nccs2)=N[C@H]1c1ccc(F)cc1Br. The molecule has 1 saturated heterocycles. The molecule has 10 heteroatoms. The number of aliphatic hydroxyl groups excluding tert-OH is 1. The van der Waals surface area contributed by atoms with E-state index in [1.54, 1.807) is 26.1 Å². The molecule has 2 aliphatic rings. The average molecular weight is 523 g/mol. The van der Waals surface area contributed by atoms with Crippen molar-refractivity contribution < 1.29 is 19.0 Å². The number of hydrogen-bond acceptors (Lipinski definition) is 8. The van der Waals surface area contributed by atoms with Crippen molar-refractivity contribution in [3.63, 3.8) is 0 Å². The zero-order valence-electron chi connectivity index (χ0n) is 17.7. The summed E-state index contributed by atoms with van der Waals surface area (Å²) in [5, 5.41) is 15.3. The van der Waals surface area contributed by atoms with E-state index in [0.29, 0.717) is 41.0 Å². The van der Waals surface area contributed by atoms with Crippen molar-refractivity contribution in [2.45, 2.75) is 32.5 Å². The van der Waals surface area contributed by atoms with E-state index < -0.39 is 18.2 Å². The van der Waals surface area contributed by atoms with Gasteiger partial charge in [-0.05, 0) is 43.9 Å². The lowest BCUT2D eigenvalue weighted by Crippen LogP contribution is -2.37. The Balaban J connectivity index is 1.84. The minimum Gasteiger partial charge on any atom is -0.463 e. The predicted molar refractivity (Wildman–Crippen MR) is 124 cm³/mol. The molecular formula is C22H24BrFN4O3S. The van der Waals surface area contributed by atoms with Crippen LogP contribution in [0.3, 0.4) is 0 Å². The third-order valence-electron chi connectivity index (χ3n) is 5.42. The molecule has 1 aromatic carbocycles. The van der Waals surface area contributed by atoms with Gasteiger partial charge in [-0.15, -0.1) is 11.3 Å². The van der Waals surface area contributed by atoms with Gasteiger partial charge in [-0.3, -0.25) is 10.3 Å². The second-order valence-corrected chi connectivity index (χ2v) is 9.45. The molecule has 0 amide bonds. The predicted octanol–water partition coefficient (Wildman–Crippen LogP) is 3.61. The van der Waals surface area contributed by atoms with Gasteiger partial charge in [0.15, 0.2) is 10.8 Å². The van der Waals surface area contributed by atoms with E-state index in [0.717, 1.165) is 10.7 Å². The minimum absolute atomic E-state index is 0.157. The Labute approximate surface area is 198 Å². The lowest BCUT2D eigenvalue weighted by Gasteiger charge is -2.32. The van der Waals surface area contributed by atoms with E-state index in [9.17, 15) is 14.3 Å². The third kappa shape index (κ3) is 4.63.